The van der Waals surface area contributed by atoms with Gasteiger partial charge < -0.3 is 16.0 Å². The van der Waals surface area contributed by atoms with E-state index in [1.165, 1.54) is 45.6 Å². The number of likely N-dealkylation sites (tertiary alicyclic amines) is 1. The molecule has 2 fully saturated rings. The van der Waals surface area contributed by atoms with Crippen molar-refractivity contribution in [3.05, 3.63) is 0 Å². The molecule has 0 aromatic rings. The van der Waals surface area contributed by atoms with Gasteiger partial charge in [-0.05, 0) is 43.8 Å². The zero-order chi connectivity index (χ0) is 10.0. The Bertz CT molecular complexity index is 192. The Labute approximate surface area is 99.2 Å². The van der Waals surface area contributed by atoms with Gasteiger partial charge in [-0.2, -0.15) is 0 Å². The molecule has 15 heavy (non-hydrogen) atoms. The summed E-state index contributed by atoms with van der Waals surface area (Å²) >= 11 is 0. The Morgan fingerprint density at radius 1 is 1.53 bits per heavy atom. The van der Waals surface area contributed by atoms with Crippen LogP contribution in [0.25, 0.3) is 0 Å². The largest absolute Gasteiger partial charge is 0.330 e. The van der Waals surface area contributed by atoms with Crippen LogP contribution in [0.2, 0.25) is 0 Å². The van der Waals surface area contributed by atoms with E-state index < -0.39 is 0 Å². The molecule has 2 unspecified atom stereocenters. The van der Waals surface area contributed by atoms with Gasteiger partial charge in [0.15, 0.2) is 0 Å². The number of hydrogen-bond donors (Lipinski definition) is 2. The van der Waals surface area contributed by atoms with Crippen LogP contribution in [0, 0.1) is 11.3 Å². The maximum atomic E-state index is 5.70. The van der Waals surface area contributed by atoms with E-state index in [0.717, 1.165) is 12.5 Å². The first-order valence-electron chi connectivity index (χ1n) is 5.85. The fourth-order valence-electron chi connectivity index (χ4n) is 2.79. The van der Waals surface area contributed by atoms with E-state index in [2.05, 4.69) is 17.1 Å². The Morgan fingerprint density at radius 3 is 2.87 bits per heavy atom. The standard InChI is InChI=1S/C11H23N3.ClH/c1-11(3-4-13-8-11)9-14-5-2-10(6-12)7-14;/h10,13H,2-9,12H2,1H3;1H. The number of nitrogens with zero attached hydrogens (tertiary/aromatic N) is 1. The van der Waals surface area contributed by atoms with E-state index in [-0.39, 0.29) is 12.4 Å². The quantitative estimate of drug-likeness (QED) is 0.754. The Morgan fingerprint density at radius 2 is 2.33 bits per heavy atom. The van der Waals surface area contributed by atoms with Gasteiger partial charge in [0, 0.05) is 19.6 Å². The number of hydrogen-bond acceptors (Lipinski definition) is 3. The summed E-state index contributed by atoms with van der Waals surface area (Å²) in [6, 6.07) is 0. The van der Waals surface area contributed by atoms with Gasteiger partial charge in [-0.3, -0.25) is 0 Å². The molecule has 2 saturated heterocycles. The molecule has 0 amide bonds. The molecule has 2 heterocycles. The minimum Gasteiger partial charge on any atom is -0.330 e. The van der Waals surface area contributed by atoms with Crippen LogP contribution in [-0.4, -0.2) is 44.2 Å². The van der Waals surface area contributed by atoms with Crippen molar-refractivity contribution >= 4 is 12.4 Å². The highest BCUT2D eigenvalue weighted by atomic mass is 35.5. The molecule has 90 valence electrons. The molecule has 0 aliphatic carbocycles. The SMILES string of the molecule is CC1(CN2CCC(CN)C2)CCNC1.Cl. The highest BCUT2D eigenvalue weighted by Gasteiger charge is 2.32. The van der Waals surface area contributed by atoms with E-state index in [4.69, 9.17) is 5.73 Å². The molecule has 2 rings (SSSR count). The first-order chi connectivity index (χ1) is 6.72. The lowest BCUT2D eigenvalue weighted by Crippen LogP contribution is -2.36. The maximum absolute atomic E-state index is 5.70. The van der Waals surface area contributed by atoms with Crippen LogP contribution in [-0.2, 0) is 0 Å². The van der Waals surface area contributed by atoms with E-state index >= 15 is 0 Å². The van der Waals surface area contributed by atoms with Crippen molar-refractivity contribution < 1.29 is 0 Å². The highest BCUT2D eigenvalue weighted by Crippen LogP contribution is 2.28. The summed E-state index contributed by atoms with van der Waals surface area (Å²) < 4.78 is 0. The molecule has 2 aliphatic heterocycles. The summed E-state index contributed by atoms with van der Waals surface area (Å²) in [7, 11) is 0. The van der Waals surface area contributed by atoms with Crippen molar-refractivity contribution in [1.29, 1.82) is 0 Å². The number of halogens is 1. The lowest BCUT2D eigenvalue weighted by Gasteiger charge is -2.29. The smallest absolute Gasteiger partial charge is 0.00481 e. The Balaban J connectivity index is 0.00000112. The summed E-state index contributed by atoms with van der Waals surface area (Å²) in [5, 5.41) is 3.46. The maximum Gasteiger partial charge on any atom is 0.00481 e. The lowest BCUT2D eigenvalue weighted by molar-refractivity contribution is 0.204. The normalized spacial score (nSPS) is 36.8. The third kappa shape index (κ3) is 3.31. The summed E-state index contributed by atoms with van der Waals surface area (Å²) in [6.45, 7) is 9.41. The van der Waals surface area contributed by atoms with Crippen LogP contribution in [0.3, 0.4) is 0 Å². The third-order valence-electron chi connectivity index (χ3n) is 3.77. The first-order valence-corrected chi connectivity index (χ1v) is 5.85. The average molecular weight is 234 g/mol. The molecular formula is C11H24ClN3. The molecule has 0 saturated carbocycles. The van der Waals surface area contributed by atoms with Crippen LogP contribution in [0.4, 0.5) is 0 Å². The fraction of sp³-hybridized carbons (Fsp3) is 1.00. The van der Waals surface area contributed by atoms with Crippen molar-refractivity contribution in [3.8, 4) is 0 Å². The zero-order valence-electron chi connectivity index (χ0n) is 9.67. The lowest BCUT2D eigenvalue weighted by atomic mass is 9.89. The van der Waals surface area contributed by atoms with Crippen LogP contribution in [0.15, 0.2) is 0 Å². The number of nitrogens with two attached hydrogens (primary N) is 1. The molecule has 0 aromatic heterocycles. The predicted octanol–water partition coefficient (Wildman–Crippen LogP) is 0.688. The van der Waals surface area contributed by atoms with Crippen LogP contribution in [0.5, 0.6) is 0 Å². The molecule has 0 spiro atoms. The first kappa shape index (κ1) is 13.2. The minimum absolute atomic E-state index is 0. The summed E-state index contributed by atoms with van der Waals surface area (Å²) in [4.78, 5) is 2.60. The van der Waals surface area contributed by atoms with Crippen LogP contribution < -0.4 is 11.1 Å². The van der Waals surface area contributed by atoms with Crippen molar-refractivity contribution in [2.45, 2.75) is 19.8 Å². The monoisotopic (exact) mass is 233 g/mol. The van der Waals surface area contributed by atoms with Gasteiger partial charge in [0.05, 0.1) is 0 Å². The van der Waals surface area contributed by atoms with Crippen molar-refractivity contribution in [3.63, 3.8) is 0 Å². The van der Waals surface area contributed by atoms with Gasteiger partial charge in [-0.15, -0.1) is 12.4 Å². The molecule has 4 heteroatoms. The van der Waals surface area contributed by atoms with Crippen molar-refractivity contribution in [2.75, 3.05) is 39.3 Å². The number of rotatable bonds is 3. The molecule has 2 aliphatic rings. The molecule has 0 radical (unpaired) electrons. The Kier molecular flexibility index (Phi) is 4.84. The van der Waals surface area contributed by atoms with E-state index in [1.807, 2.05) is 0 Å². The van der Waals surface area contributed by atoms with Crippen molar-refractivity contribution in [2.24, 2.45) is 17.1 Å². The average Bonchev–Trinajstić information content (AvgIpc) is 2.75. The summed E-state index contributed by atoms with van der Waals surface area (Å²) in [6.07, 6.45) is 2.64. The second-order valence-electron chi connectivity index (χ2n) is 5.36. The van der Waals surface area contributed by atoms with Gasteiger partial charge in [-0.25, -0.2) is 0 Å². The van der Waals surface area contributed by atoms with E-state index in [0.29, 0.717) is 5.41 Å². The summed E-state index contributed by atoms with van der Waals surface area (Å²) in [5.41, 5.74) is 6.22. The minimum atomic E-state index is 0. The predicted molar refractivity (Wildman–Crippen MR) is 66.4 cm³/mol. The van der Waals surface area contributed by atoms with Crippen molar-refractivity contribution in [1.82, 2.24) is 10.2 Å². The zero-order valence-corrected chi connectivity index (χ0v) is 10.5. The second-order valence-corrected chi connectivity index (χ2v) is 5.36. The molecule has 0 aromatic carbocycles. The van der Waals surface area contributed by atoms with Gasteiger partial charge in [0.25, 0.3) is 0 Å². The second kappa shape index (κ2) is 5.48. The molecule has 0 bridgehead atoms. The third-order valence-corrected chi connectivity index (χ3v) is 3.77. The van der Waals surface area contributed by atoms with Gasteiger partial charge in [0.1, 0.15) is 0 Å². The van der Waals surface area contributed by atoms with Crippen LogP contribution in [0.1, 0.15) is 19.8 Å². The van der Waals surface area contributed by atoms with E-state index in [1.54, 1.807) is 0 Å². The number of nitrogens with one attached hydrogen (secondary N) is 1. The van der Waals surface area contributed by atoms with E-state index in [9.17, 15) is 0 Å². The van der Waals surface area contributed by atoms with Gasteiger partial charge >= 0.3 is 0 Å². The molecule has 3 nitrogen and oxygen atoms in total. The Hall–Kier alpha value is 0.170. The van der Waals surface area contributed by atoms with Gasteiger partial charge in [0.2, 0.25) is 0 Å². The van der Waals surface area contributed by atoms with Crippen LogP contribution >= 0.6 is 12.4 Å². The summed E-state index contributed by atoms with van der Waals surface area (Å²) in [5.74, 6) is 0.757. The fourth-order valence-corrected chi connectivity index (χ4v) is 2.79. The molecule has 2 atom stereocenters. The topological polar surface area (TPSA) is 41.3 Å². The highest BCUT2D eigenvalue weighted by molar-refractivity contribution is 5.85. The molecule has 3 N–H and O–H groups in total. The molecular weight excluding hydrogens is 210 g/mol. The van der Waals surface area contributed by atoms with Gasteiger partial charge in [-0.1, -0.05) is 6.92 Å².